The minimum absolute atomic E-state index is 0.217. The third-order valence-corrected chi connectivity index (χ3v) is 4.22. The fourth-order valence-electron chi connectivity index (χ4n) is 3.12. The number of hydrogen-bond acceptors (Lipinski definition) is 4. The Bertz CT molecular complexity index is 462. The summed E-state index contributed by atoms with van der Waals surface area (Å²) in [6, 6.07) is 1.85. The van der Waals surface area contributed by atoms with E-state index in [2.05, 4.69) is 24.1 Å². The number of nitrogens with one attached hydrogen (secondary N) is 1. The van der Waals surface area contributed by atoms with Crippen LogP contribution in [-0.4, -0.2) is 30.5 Å². The number of rotatable bonds is 7. The van der Waals surface area contributed by atoms with Crippen LogP contribution >= 0.6 is 0 Å². The topological polar surface area (TPSA) is 51.2 Å². The summed E-state index contributed by atoms with van der Waals surface area (Å²) in [4.78, 5) is 17.2. The first-order chi connectivity index (χ1) is 10.2. The van der Waals surface area contributed by atoms with Crippen LogP contribution in [0.25, 0.3) is 0 Å². The molecule has 1 saturated heterocycles. The number of aromatic nitrogens is 1. The van der Waals surface area contributed by atoms with Gasteiger partial charge in [-0.25, -0.2) is 0 Å². The summed E-state index contributed by atoms with van der Waals surface area (Å²) in [7, 11) is 0. The van der Waals surface area contributed by atoms with Crippen LogP contribution in [0, 0.1) is 5.41 Å². The minimum Gasteiger partial charge on any atom is -0.492 e. The monoisotopic (exact) mass is 290 g/mol. The van der Waals surface area contributed by atoms with Gasteiger partial charge >= 0.3 is 0 Å². The Morgan fingerprint density at radius 2 is 2.05 bits per heavy atom. The van der Waals surface area contributed by atoms with Crippen molar-refractivity contribution in [1.29, 1.82) is 0 Å². The Balaban J connectivity index is 2.20. The number of ether oxygens (including phenoxy) is 1. The zero-order valence-electron chi connectivity index (χ0n) is 13.2. The lowest BCUT2D eigenvalue weighted by molar-refractivity contribution is 0.0703. The number of hydrogen-bond donors (Lipinski definition) is 1. The van der Waals surface area contributed by atoms with Crippen molar-refractivity contribution in [2.75, 3.05) is 19.7 Å². The summed E-state index contributed by atoms with van der Waals surface area (Å²) in [5.41, 5.74) is 0.476. The Morgan fingerprint density at radius 3 is 2.71 bits per heavy atom. The van der Waals surface area contributed by atoms with Gasteiger partial charge in [-0.05, 0) is 44.8 Å². The molecule has 1 fully saturated rings. The standard InChI is InChI=1S/C17H26N2O2/c1-3-5-17(6-8-18-9-7-17)16(20)14-11-15(13-19-12-14)21-10-4-2/h11-13,18H,3-10H2,1-2H3. The van der Waals surface area contributed by atoms with Crippen molar-refractivity contribution in [3.05, 3.63) is 24.0 Å². The molecule has 1 N–H and O–H groups in total. The fraction of sp³-hybridized carbons (Fsp3) is 0.647. The predicted molar refractivity (Wildman–Crippen MR) is 83.8 cm³/mol. The molecule has 1 aromatic rings. The molecule has 4 nitrogen and oxygen atoms in total. The highest BCUT2D eigenvalue weighted by atomic mass is 16.5. The lowest BCUT2D eigenvalue weighted by Gasteiger charge is -2.36. The molecule has 1 aliphatic heterocycles. The first-order valence-electron chi connectivity index (χ1n) is 8.05. The Kier molecular flexibility index (Phi) is 5.74. The Morgan fingerprint density at radius 1 is 1.29 bits per heavy atom. The largest absolute Gasteiger partial charge is 0.492 e. The van der Waals surface area contributed by atoms with Crippen LogP contribution in [0.2, 0.25) is 0 Å². The van der Waals surface area contributed by atoms with E-state index >= 15 is 0 Å². The molecule has 116 valence electrons. The number of piperidine rings is 1. The van der Waals surface area contributed by atoms with E-state index < -0.39 is 0 Å². The van der Waals surface area contributed by atoms with E-state index in [-0.39, 0.29) is 11.2 Å². The quantitative estimate of drug-likeness (QED) is 0.783. The molecular weight excluding hydrogens is 264 g/mol. The third-order valence-electron chi connectivity index (χ3n) is 4.22. The van der Waals surface area contributed by atoms with Gasteiger partial charge in [0.25, 0.3) is 0 Å². The van der Waals surface area contributed by atoms with E-state index in [9.17, 15) is 4.79 Å². The van der Waals surface area contributed by atoms with E-state index in [1.807, 2.05) is 6.07 Å². The lowest BCUT2D eigenvalue weighted by Crippen LogP contribution is -2.42. The second-order valence-electron chi connectivity index (χ2n) is 5.87. The third kappa shape index (κ3) is 3.82. The van der Waals surface area contributed by atoms with Gasteiger partial charge in [0, 0.05) is 17.2 Å². The maximum absolute atomic E-state index is 13.0. The highest BCUT2D eigenvalue weighted by Gasteiger charge is 2.39. The molecule has 0 radical (unpaired) electrons. The normalized spacial score (nSPS) is 17.4. The van der Waals surface area contributed by atoms with Crippen LogP contribution in [0.4, 0.5) is 0 Å². The highest BCUT2D eigenvalue weighted by Crippen LogP contribution is 2.37. The van der Waals surface area contributed by atoms with Gasteiger partial charge in [-0.3, -0.25) is 9.78 Å². The van der Waals surface area contributed by atoms with E-state index in [0.29, 0.717) is 17.9 Å². The van der Waals surface area contributed by atoms with E-state index in [0.717, 1.165) is 45.2 Å². The van der Waals surface area contributed by atoms with Crippen LogP contribution in [-0.2, 0) is 0 Å². The van der Waals surface area contributed by atoms with Gasteiger partial charge in [-0.1, -0.05) is 20.3 Å². The summed E-state index contributed by atoms with van der Waals surface area (Å²) >= 11 is 0. The molecule has 0 unspecified atom stereocenters. The van der Waals surface area contributed by atoms with Crippen LogP contribution in [0.5, 0.6) is 5.75 Å². The van der Waals surface area contributed by atoms with Crippen molar-refractivity contribution in [3.8, 4) is 5.75 Å². The summed E-state index contributed by atoms with van der Waals surface area (Å²) < 4.78 is 5.60. The van der Waals surface area contributed by atoms with Gasteiger partial charge in [-0.2, -0.15) is 0 Å². The van der Waals surface area contributed by atoms with Crippen molar-refractivity contribution in [2.45, 2.75) is 46.0 Å². The number of ketones is 1. The molecule has 1 aromatic heterocycles. The van der Waals surface area contributed by atoms with Crippen molar-refractivity contribution < 1.29 is 9.53 Å². The molecule has 4 heteroatoms. The molecule has 21 heavy (non-hydrogen) atoms. The molecule has 0 aromatic carbocycles. The van der Waals surface area contributed by atoms with Crippen molar-refractivity contribution in [1.82, 2.24) is 10.3 Å². The number of carbonyl (C=O) groups is 1. The van der Waals surface area contributed by atoms with Crippen molar-refractivity contribution in [2.24, 2.45) is 5.41 Å². The first kappa shape index (κ1) is 16.0. The predicted octanol–water partition coefficient (Wildman–Crippen LogP) is 3.22. The molecule has 1 aliphatic rings. The average molecular weight is 290 g/mol. The first-order valence-corrected chi connectivity index (χ1v) is 8.05. The molecule has 0 saturated carbocycles. The van der Waals surface area contributed by atoms with Gasteiger partial charge in [0.15, 0.2) is 5.78 Å². The maximum Gasteiger partial charge on any atom is 0.170 e. The summed E-state index contributed by atoms with van der Waals surface area (Å²) in [6.07, 6.45) is 8.13. The molecular formula is C17H26N2O2. The van der Waals surface area contributed by atoms with Gasteiger partial charge in [-0.15, -0.1) is 0 Å². The number of nitrogens with zero attached hydrogens (tertiary/aromatic N) is 1. The number of Topliss-reactive ketones (excluding diaryl/α,β-unsaturated/α-hetero) is 1. The van der Waals surface area contributed by atoms with Crippen molar-refractivity contribution in [3.63, 3.8) is 0 Å². The zero-order valence-corrected chi connectivity index (χ0v) is 13.2. The van der Waals surface area contributed by atoms with E-state index in [1.165, 1.54) is 0 Å². The second-order valence-corrected chi connectivity index (χ2v) is 5.87. The summed E-state index contributed by atoms with van der Waals surface area (Å²) in [6.45, 7) is 6.71. The van der Waals surface area contributed by atoms with Crippen molar-refractivity contribution >= 4 is 5.78 Å². The average Bonchev–Trinajstić information content (AvgIpc) is 2.53. The fourth-order valence-corrected chi connectivity index (χ4v) is 3.12. The summed E-state index contributed by atoms with van der Waals surface area (Å²) in [5.74, 6) is 0.934. The molecule has 0 spiro atoms. The second kappa shape index (κ2) is 7.55. The Hall–Kier alpha value is -1.42. The minimum atomic E-state index is -0.217. The van der Waals surface area contributed by atoms with Crippen LogP contribution in [0.15, 0.2) is 18.5 Å². The Labute approximate surface area is 127 Å². The van der Waals surface area contributed by atoms with Crippen LogP contribution in [0.3, 0.4) is 0 Å². The number of carbonyl (C=O) groups excluding carboxylic acids is 1. The SMILES string of the molecule is CCCOc1cncc(C(=O)C2(CCC)CCNCC2)c1. The van der Waals surface area contributed by atoms with Gasteiger partial charge in [0.1, 0.15) is 5.75 Å². The molecule has 0 bridgehead atoms. The molecule has 0 atom stereocenters. The van der Waals surface area contributed by atoms with Gasteiger partial charge in [0.05, 0.1) is 12.8 Å². The smallest absolute Gasteiger partial charge is 0.170 e. The molecule has 0 aliphatic carbocycles. The molecule has 0 amide bonds. The van der Waals surface area contributed by atoms with Gasteiger partial charge < -0.3 is 10.1 Å². The highest BCUT2D eigenvalue weighted by molar-refractivity contribution is 6.00. The van der Waals surface area contributed by atoms with Gasteiger partial charge in [0.2, 0.25) is 0 Å². The van der Waals surface area contributed by atoms with Crippen LogP contribution in [0.1, 0.15) is 56.3 Å². The lowest BCUT2D eigenvalue weighted by atomic mass is 9.70. The van der Waals surface area contributed by atoms with E-state index in [4.69, 9.17) is 4.74 Å². The zero-order chi connectivity index (χ0) is 15.1. The van der Waals surface area contributed by atoms with Crippen LogP contribution < -0.4 is 10.1 Å². The summed E-state index contributed by atoms with van der Waals surface area (Å²) in [5, 5.41) is 3.35. The molecule has 2 heterocycles. The maximum atomic E-state index is 13.0. The van der Waals surface area contributed by atoms with E-state index in [1.54, 1.807) is 12.4 Å². The number of pyridine rings is 1. The molecule has 2 rings (SSSR count).